The smallest absolute Gasteiger partial charge is 0.233 e. The Morgan fingerprint density at radius 3 is 2.85 bits per heavy atom. The molecule has 0 aliphatic carbocycles. The van der Waals surface area contributed by atoms with Crippen molar-refractivity contribution >= 4 is 5.69 Å². The topological polar surface area (TPSA) is 72.6 Å². The van der Waals surface area contributed by atoms with Gasteiger partial charge in [0.15, 0.2) is 0 Å². The molecule has 1 atom stereocenters. The molecule has 0 unspecified atom stereocenters. The van der Waals surface area contributed by atoms with Crippen molar-refractivity contribution in [3.8, 4) is 11.9 Å². The third-order valence-electron chi connectivity index (χ3n) is 4.94. The van der Waals surface area contributed by atoms with Crippen molar-refractivity contribution in [1.29, 1.82) is 5.26 Å². The second kappa shape index (κ2) is 8.80. The molecule has 0 amide bonds. The van der Waals surface area contributed by atoms with Gasteiger partial charge in [0, 0.05) is 50.6 Å². The minimum atomic E-state index is -0.215. The number of nitriles is 1. The molecule has 0 radical (unpaired) electrons. The molecule has 6 nitrogen and oxygen atoms in total. The molecule has 1 N–H and O–H groups in total. The highest BCUT2D eigenvalue weighted by Gasteiger charge is 2.29. The van der Waals surface area contributed by atoms with Gasteiger partial charge in [-0.1, -0.05) is 18.2 Å². The lowest BCUT2D eigenvalue weighted by molar-refractivity contribution is 0.134. The van der Waals surface area contributed by atoms with E-state index in [0.717, 1.165) is 5.69 Å². The minimum absolute atomic E-state index is 0.0501. The number of hydrogen-bond acceptors (Lipinski definition) is 6. The van der Waals surface area contributed by atoms with Crippen LogP contribution in [0.2, 0.25) is 0 Å². The lowest BCUT2D eigenvalue weighted by Gasteiger charge is -2.42. The molecule has 7 heteroatoms. The van der Waals surface area contributed by atoms with E-state index in [1.54, 1.807) is 18.3 Å². The number of aromatic nitrogens is 1. The SMILES string of the molecule is COc1nccc(N2CCN(Cc3ccccc3F)[C@H](CCO)C2)c1C#N. The second-order valence-electron chi connectivity index (χ2n) is 6.50. The van der Waals surface area contributed by atoms with Crippen molar-refractivity contribution in [2.24, 2.45) is 0 Å². The summed E-state index contributed by atoms with van der Waals surface area (Å²) >= 11 is 0. The average molecular weight is 370 g/mol. The van der Waals surface area contributed by atoms with Gasteiger partial charge in [-0.05, 0) is 18.6 Å². The molecule has 1 fully saturated rings. The quantitative estimate of drug-likeness (QED) is 0.840. The van der Waals surface area contributed by atoms with Crippen molar-refractivity contribution in [3.63, 3.8) is 0 Å². The number of piperazine rings is 1. The zero-order valence-electron chi connectivity index (χ0n) is 15.3. The summed E-state index contributed by atoms with van der Waals surface area (Å²) in [6, 6.07) is 10.8. The van der Waals surface area contributed by atoms with Gasteiger partial charge in [-0.25, -0.2) is 9.37 Å². The fourth-order valence-electron chi connectivity index (χ4n) is 3.54. The highest BCUT2D eigenvalue weighted by Crippen LogP contribution is 2.29. The van der Waals surface area contributed by atoms with Gasteiger partial charge < -0.3 is 14.7 Å². The lowest BCUT2D eigenvalue weighted by Crippen LogP contribution is -2.53. The summed E-state index contributed by atoms with van der Waals surface area (Å²) in [6.45, 7) is 2.58. The van der Waals surface area contributed by atoms with E-state index in [4.69, 9.17) is 4.74 Å². The molecule has 2 heterocycles. The third kappa shape index (κ3) is 4.18. The van der Waals surface area contributed by atoms with E-state index in [0.29, 0.717) is 49.6 Å². The average Bonchev–Trinajstić information content (AvgIpc) is 2.70. The standard InChI is InChI=1S/C20H23FN4O2/c1-27-20-17(12-22)19(6-8-23-20)25-10-9-24(16(14-25)7-11-26)13-15-4-2-3-5-18(15)21/h2-6,8,16,26H,7,9-11,13-14H2,1H3/t16-/m1/s1. The summed E-state index contributed by atoms with van der Waals surface area (Å²) in [4.78, 5) is 8.40. The van der Waals surface area contributed by atoms with E-state index < -0.39 is 0 Å². The third-order valence-corrected chi connectivity index (χ3v) is 4.94. The zero-order valence-corrected chi connectivity index (χ0v) is 15.3. The molecule has 2 aromatic rings. The van der Waals surface area contributed by atoms with Crippen molar-refractivity contribution in [2.45, 2.75) is 19.0 Å². The van der Waals surface area contributed by atoms with Crippen LogP contribution in [-0.2, 0) is 6.54 Å². The number of aliphatic hydroxyl groups excluding tert-OH is 1. The summed E-state index contributed by atoms with van der Waals surface area (Å²) < 4.78 is 19.2. The molecular weight excluding hydrogens is 347 g/mol. The molecule has 1 aliphatic heterocycles. The molecule has 1 saturated heterocycles. The number of anilines is 1. The summed E-state index contributed by atoms with van der Waals surface area (Å²) in [5, 5.41) is 19.0. The molecule has 142 valence electrons. The summed E-state index contributed by atoms with van der Waals surface area (Å²) in [7, 11) is 1.49. The first kappa shape index (κ1) is 19.1. The number of aliphatic hydroxyl groups is 1. The summed E-state index contributed by atoms with van der Waals surface area (Å²) in [5.74, 6) is 0.0933. The fraction of sp³-hybridized carbons (Fsp3) is 0.400. The van der Waals surface area contributed by atoms with Crippen LogP contribution in [0.4, 0.5) is 10.1 Å². The van der Waals surface area contributed by atoms with Crippen LogP contribution >= 0.6 is 0 Å². The monoisotopic (exact) mass is 370 g/mol. The Hall–Kier alpha value is -2.69. The lowest BCUT2D eigenvalue weighted by atomic mass is 10.1. The molecule has 27 heavy (non-hydrogen) atoms. The maximum Gasteiger partial charge on any atom is 0.233 e. The molecular formula is C20H23FN4O2. The van der Waals surface area contributed by atoms with E-state index in [-0.39, 0.29) is 18.5 Å². The first-order chi connectivity index (χ1) is 13.2. The largest absolute Gasteiger partial charge is 0.480 e. The molecule has 1 aromatic carbocycles. The first-order valence-corrected chi connectivity index (χ1v) is 8.94. The number of benzene rings is 1. The van der Waals surface area contributed by atoms with Crippen LogP contribution < -0.4 is 9.64 Å². The van der Waals surface area contributed by atoms with Gasteiger partial charge in [0.1, 0.15) is 17.4 Å². The number of halogens is 1. The number of nitrogens with zero attached hydrogens (tertiary/aromatic N) is 4. The van der Waals surface area contributed by atoms with Crippen molar-refractivity contribution < 1.29 is 14.2 Å². The summed E-state index contributed by atoms with van der Waals surface area (Å²) in [6.07, 6.45) is 2.21. The van der Waals surface area contributed by atoms with Gasteiger partial charge in [-0.2, -0.15) is 5.26 Å². The number of rotatable bonds is 6. The predicted octanol–water partition coefficient (Wildman–Crippen LogP) is 2.17. The van der Waals surface area contributed by atoms with Gasteiger partial charge in [0.25, 0.3) is 0 Å². The number of ether oxygens (including phenoxy) is 1. The fourth-order valence-corrected chi connectivity index (χ4v) is 3.54. The van der Waals surface area contributed by atoms with Crippen LogP contribution in [0.5, 0.6) is 5.88 Å². The molecule has 0 bridgehead atoms. The van der Waals surface area contributed by atoms with Crippen molar-refractivity contribution in [1.82, 2.24) is 9.88 Å². The van der Waals surface area contributed by atoms with Gasteiger partial charge in [-0.3, -0.25) is 4.90 Å². The predicted molar refractivity (Wildman–Crippen MR) is 100 cm³/mol. The Morgan fingerprint density at radius 1 is 1.33 bits per heavy atom. The molecule has 1 aliphatic rings. The summed E-state index contributed by atoms with van der Waals surface area (Å²) in [5.41, 5.74) is 1.83. The van der Waals surface area contributed by atoms with Gasteiger partial charge >= 0.3 is 0 Å². The molecule has 1 aromatic heterocycles. The maximum atomic E-state index is 14.0. The van der Waals surface area contributed by atoms with Crippen LogP contribution in [0.1, 0.15) is 17.5 Å². The maximum absolute atomic E-state index is 14.0. The first-order valence-electron chi connectivity index (χ1n) is 8.94. The Kier molecular flexibility index (Phi) is 6.22. The van der Waals surface area contributed by atoms with E-state index in [1.807, 2.05) is 12.1 Å². The van der Waals surface area contributed by atoms with E-state index >= 15 is 0 Å². The zero-order chi connectivity index (χ0) is 19.2. The molecule has 0 saturated carbocycles. The van der Waals surface area contributed by atoms with Gasteiger partial charge in [0.2, 0.25) is 5.88 Å². The Labute approximate surface area is 158 Å². The molecule has 0 spiro atoms. The van der Waals surface area contributed by atoms with Crippen LogP contribution in [-0.4, -0.2) is 54.4 Å². The second-order valence-corrected chi connectivity index (χ2v) is 6.50. The van der Waals surface area contributed by atoms with Gasteiger partial charge in [-0.15, -0.1) is 0 Å². The van der Waals surface area contributed by atoms with Crippen molar-refractivity contribution in [3.05, 3.63) is 53.5 Å². The van der Waals surface area contributed by atoms with Gasteiger partial charge in [0.05, 0.1) is 12.8 Å². The molecule has 3 rings (SSSR count). The number of pyridine rings is 1. The number of methoxy groups -OCH3 is 1. The van der Waals surface area contributed by atoms with Crippen LogP contribution in [0.3, 0.4) is 0 Å². The van der Waals surface area contributed by atoms with Crippen LogP contribution in [0.15, 0.2) is 36.5 Å². The van der Waals surface area contributed by atoms with Crippen LogP contribution in [0.25, 0.3) is 0 Å². The van der Waals surface area contributed by atoms with E-state index in [2.05, 4.69) is 20.9 Å². The van der Waals surface area contributed by atoms with E-state index in [1.165, 1.54) is 13.2 Å². The van der Waals surface area contributed by atoms with E-state index in [9.17, 15) is 14.8 Å². The highest BCUT2D eigenvalue weighted by atomic mass is 19.1. The normalized spacial score (nSPS) is 17.6. The Balaban J connectivity index is 1.80. The van der Waals surface area contributed by atoms with Crippen LogP contribution in [0, 0.1) is 17.1 Å². The Morgan fingerprint density at radius 2 is 2.15 bits per heavy atom. The highest BCUT2D eigenvalue weighted by molar-refractivity contribution is 5.63. The van der Waals surface area contributed by atoms with Crippen molar-refractivity contribution in [2.75, 3.05) is 38.3 Å². The number of hydrogen-bond donors (Lipinski definition) is 1. The Bertz CT molecular complexity index is 824. The minimum Gasteiger partial charge on any atom is -0.480 e.